The molecule has 1 atom stereocenters. The summed E-state index contributed by atoms with van der Waals surface area (Å²) in [6.07, 6.45) is 3.68. The molecule has 0 saturated heterocycles. The first-order valence-corrected chi connectivity index (χ1v) is 12.9. The van der Waals surface area contributed by atoms with Gasteiger partial charge in [0.2, 0.25) is 5.91 Å². The second-order valence-electron chi connectivity index (χ2n) is 9.44. The van der Waals surface area contributed by atoms with Crippen molar-refractivity contribution in [1.29, 1.82) is 0 Å². The smallest absolute Gasteiger partial charge is 0.271 e. The van der Waals surface area contributed by atoms with Crippen molar-refractivity contribution in [2.75, 3.05) is 19.3 Å². The Kier molecular flexibility index (Phi) is 6.84. The van der Waals surface area contributed by atoms with Gasteiger partial charge in [0.15, 0.2) is 0 Å². The second kappa shape index (κ2) is 9.64. The van der Waals surface area contributed by atoms with Crippen molar-refractivity contribution in [3.05, 3.63) is 65.9 Å². The van der Waals surface area contributed by atoms with E-state index in [4.69, 9.17) is 0 Å². The summed E-state index contributed by atoms with van der Waals surface area (Å²) in [5.41, 5.74) is 1.85. The molecule has 33 heavy (non-hydrogen) atoms. The molecule has 1 N–H and O–H groups in total. The van der Waals surface area contributed by atoms with Crippen LogP contribution in [0.15, 0.2) is 59.5 Å². The Labute approximate surface area is 200 Å². The number of carbonyl (C=O) groups excluding carboxylic acids is 2. The third-order valence-corrected chi connectivity index (χ3v) is 7.36. The van der Waals surface area contributed by atoms with Gasteiger partial charge >= 0.3 is 0 Å². The lowest BCUT2D eigenvalue weighted by Gasteiger charge is -2.44. The van der Waals surface area contributed by atoms with Crippen LogP contribution in [0.1, 0.15) is 43.2 Å². The molecule has 3 aromatic rings. The minimum absolute atomic E-state index is 0.0836. The first-order chi connectivity index (χ1) is 15.8. The number of amides is 2. The standard InChI is InChI=1S/C27H33N3O2S/c1-19(2)13-15-28-26(32)27(3)18-29-23-8-6-5-7-21(23)17-24(29)25(31)30(27)16-14-20-9-11-22(33-4)12-10-20/h5-12,17,19H,13-16,18H2,1-4H3,(H,28,32). The highest BCUT2D eigenvalue weighted by molar-refractivity contribution is 7.98. The predicted octanol–water partition coefficient (Wildman–Crippen LogP) is 4.98. The van der Waals surface area contributed by atoms with Gasteiger partial charge in [-0.25, -0.2) is 0 Å². The van der Waals surface area contributed by atoms with Crippen molar-refractivity contribution in [2.45, 2.75) is 50.6 Å². The number of fused-ring (bicyclic) bond motifs is 3. The van der Waals surface area contributed by atoms with E-state index >= 15 is 0 Å². The van der Waals surface area contributed by atoms with Gasteiger partial charge in [-0.3, -0.25) is 9.59 Å². The summed E-state index contributed by atoms with van der Waals surface area (Å²) in [6, 6.07) is 18.4. The zero-order valence-corrected chi connectivity index (χ0v) is 20.7. The quantitative estimate of drug-likeness (QED) is 0.479. The summed E-state index contributed by atoms with van der Waals surface area (Å²) in [4.78, 5) is 30.2. The van der Waals surface area contributed by atoms with Gasteiger partial charge in [0.1, 0.15) is 11.2 Å². The number of rotatable bonds is 8. The Morgan fingerprint density at radius 2 is 1.88 bits per heavy atom. The van der Waals surface area contributed by atoms with Crippen LogP contribution < -0.4 is 5.32 Å². The van der Waals surface area contributed by atoms with E-state index < -0.39 is 5.54 Å². The van der Waals surface area contributed by atoms with Crippen LogP contribution in [0.5, 0.6) is 0 Å². The molecule has 2 heterocycles. The Bertz CT molecular complexity index is 1150. The lowest BCUT2D eigenvalue weighted by atomic mass is 9.93. The van der Waals surface area contributed by atoms with Crippen LogP contribution in [0.2, 0.25) is 0 Å². The van der Waals surface area contributed by atoms with E-state index in [1.165, 1.54) is 4.90 Å². The molecule has 5 nitrogen and oxygen atoms in total. The number of para-hydroxylation sites is 1. The zero-order chi connectivity index (χ0) is 23.6. The van der Waals surface area contributed by atoms with E-state index in [0.717, 1.165) is 22.9 Å². The highest BCUT2D eigenvalue weighted by Gasteiger charge is 2.47. The van der Waals surface area contributed by atoms with Crippen LogP contribution in [0.4, 0.5) is 0 Å². The van der Waals surface area contributed by atoms with Gasteiger partial charge < -0.3 is 14.8 Å². The van der Waals surface area contributed by atoms with E-state index in [1.807, 2.05) is 41.8 Å². The molecule has 0 bridgehead atoms. The van der Waals surface area contributed by atoms with Crippen molar-refractivity contribution in [2.24, 2.45) is 5.92 Å². The van der Waals surface area contributed by atoms with Gasteiger partial charge in [0, 0.05) is 28.9 Å². The SMILES string of the molecule is CSc1ccc(CCN2C(=O)c3cc4ccccc4n3CC2(C)C(=O)NCCC(C)C)cc1. The third-order valence-electron chi connectivity index (χ3n) is 6.62. The van der Waals surface area contributed by atoms with Gasteiger partial charge in [-0.05, 0) is 61.8 Å². The molecule has 1 aliphatic rings. The Hall–Kier alpha value is -2.73. The topological polar surface area (TPSA) is 54.3 Å². The molecule has 6 heteroatoms. The fourth-order valence-electron chi connectivity index (χ4n) is 4.55. The van der Waals surface area contributed by atoms with E-state index in [0.29, 0.717) is 37.7 Å². The van der Waals surface area contributed by atoms with Crippen LogP contribution in [0.3, 0.4) is 0 Å². The summed E-state index contributed by atoms with van der Waals surface area (Å²) >= 11 is 1.71. The van der Waals surface area contributed by atoms with Crippen LogP contribution in [0.25, 0.3) is 10.9 Å². The van der Waals surface area contributed by atoms with Crippen molar-refractivity contribution in [3.63, 3.8) is 0 Å². The molecule has 1 unspecified atom stereocenters. The molecule has 0 fully saturated rings. The number of nitrogens with zero attached hydrogens (tertiary/aromatic N) is 2. The number of thioether (sulfide) groups is 1. The first-order valence-electron chi connectivity index (χ1n) is 11.6. The fraction of sp³-hybridized carbons (Fsp3) is 0.407. The normalized spacial score (nSPS) is 18.1. The van der Waals surface area contributed by atoms with Crippen LogP contribution in [0, 0.1) is 5.92 Å². The molecular weight excluding hydrogens is 430 g/mol. The zero-order valence-electron chi connectivity index (χ0n) is 19.9. The summed E-state index contributed by atoms with van der Waals surface area (Å²) in [7, 11) is 0. The van der Waals surface area contributed by atoms with E-state index in [2.05, 4.69) is 49.7 Å². The molecule has 2 amide bonds. The minimum atomic E-state index is -0.956. The van der Waals surface area contributed by atoms with Gasteiger partial charge in [0.05, 0.1) is 6.54 Å². The summed E-state index contributed by atoms with van der Waals surface area (Å²) in [5, 5.41) is 4.14. The monoisotopic (exact) mass is 463 g/mol. The molecule has 0 spiro atoms. The number of hydrogen-bond acceptors (Lipinski definition) is 3. The average molecular weight is 464 g/mol. The molecule has 0 aliphatic carbocycles. The number of aromatic nitrogens is 1. The fourth-order valence-corrected chi connectivity index (χ4v) is 4.96. The Balaban J connectivity index is 1.65. The maximum atomic E-state index is 13.7. The van der Waals surface area contributed by atoms with E-state index in [9.17, 15) is 9.59 Å². The van der Waals surface area contributed by atoms with Gasteiger partial charge in [-0.15, -0.1) is 11.8 Å². The van der Waals surface area contributed by atoms with Gasteiger partial charge in [-0.1, -0.05) is 44.2 Å². The van der Waals surface area contributed by atoms with E-state index in [1.54, 1.807) is 16.7 Å². The van der Waals surface area contributed by atoms with Gasteiger partial charge in [-0.2, -0.15) is 0 Å². The van der Waals surface area contributed by atoms with Crippen molar-refractivity contribution in [1.82, 2.24) is 14.8 Å². The third kappa shape index (κ3) is 4.67. The molecule has 4 rings (SSSR count). The van der Waals surface area contributed by atoms with Crippen molar-refractivity contribution >= 4 is 34.5 Å². The Morgan fingerprint density at radius 1 is 1.15 bits per heavy atom. The molecular formula is C27H33N3O2S. The number of hydrogen-bond donors (Lipinski definition) is 1. The number of benzene rings is 2. The predicted molar refractivity (Wildman–Crippen MR) is 136 cm³/mol. The van der Waals surface area contributed by atoms with Crippen molar-refractivity contribution in [3.8, 4) is 0 Å². The maximum Gasteiger partial charge on any atom is 0.271 e. The number of carbonyl (C=O) groups is 2. The lowest BCUT2D eigenvalue weighted by Crippen LogP contribution is -2.64. The highest BCUT2D eigenvalue weighted by atomic mass is 32.2. The summed E-state index contributed by atoms with van der Waals surface area (Å²) < 4.78 is 2.02. The van der Waals surface area contributed by atoms with Gasteiger partial charge in [0.25, 0.3) is 5.91 Å². The minimum Gasteiger partial charge on any atom is -0.354 e. The summed E-state index contributed by atoms with van der Waals surface area (Å²) in [6.45, 7) is 7.75. The highest BCUT2D eigenvalue weighted by Crippen LogP contribution is 2.32. The first kappa shape index (κ1) is 23.4. The molecule has 0 radical (unpaired) electrons. The summed E-state index contributed by atoms with van der Waals surface area (Å²) in [5.74, 6) is 0.337. The van der Waals surface area contributed by atoms with Crippen molar-refractivity contribution < 1.29 is 9.59 Å². The Morgan fingerprint density at radius 3 is 2.58 bits per heavy atom. The van der Waals surface area contributed by atoms with Crippen LogP contribution >= 0.6 is 11.8 Å². The van der Waals surface area contributed by atoms with Crippen LogP contribution in [-0.2, 0) is 17.8 Å². The molecule has 1 aliphatic heterocycles. The van der Waals surface area contributed by atoms with Crippen LogP contribution in [-0.4, -0.2) is 46.2 Å². The molecule has 2 aromatic carbocycles. The average Bonchev–Trinajstić information content (AvgIpc) is 3.17. The number of nitrogens with one attached hydrogen (secondary N) is 1. The maximum absolute atomic E-state index is 13.7. The molecule has 174 valence electrons. The molecule has 0 saturated carbocycles. The lowest BCUT2D eigenvalue weighted by molar-refractivity contribution is -0.132. The van der Waals surface area contributed by atoms with E-state index in [-0.39, 0.29) is 11.8 Å². The molecule has 1 aromatic heterocycles. The second-order valence-corrected chi connectivity index (χ2v) is 10.3. The largest absolute Gasteiger partial charge is 0.354 e.